The SMILES string of the molecule is CNCc1c2ccoc2c(C)c2ccoc12. The van der Waals surface area contributed by atoms with Gasteiger partial charge in [-0.05, 0) is 26.1 Å². The zero-order chi connectivity index (χ0) is 11.1. The molecule has 0 aliphatic heterocycles. The summed E-state index contributed by atoms with van der Waals surface area (Å²) in [4.78, 5) is 0. The van der Waals surface area contributed by atoms with Gasteiger partial charge in [0.15, 0.2) is 0 Å². The Kier molecular flexibility index (Phi) is 2.01. The largest absolute Gasteiger partial charge is 0.464 e. The lowest BCUT2D eigenvalue weighted by atomic mass is 10.0. The van der Waals surface area contributed by atoms with Crippen LogP contribution in [0.5, 0.6) is 0 Å². The van der Waals surface area contributed by atoms with Crippen LogP contribution in [0.1, 0.15) is 11.1 Å². The molecular formula is C13H13NO2. The summed E-state index contributed by atoms with van der Waals surface area (Å²) < 4.78 is 11.1. The Balaban J connectivity index is 2.51. The lowest BCUT2D eigenvalue weighted by molar-refractivity contribution is 0.605. The zero-order valence-corrected chi connectivity index (χ0v) is 9.33. The van der Waals surface area contributed by atoms with Crippen molar-refractivity contribution < 1.29 is 8.83 Å². The molecular weight excluding hydrogens is 202 g/mol. The number of nitrogens with one attached hydrogen (secondary N) is 1. The van der Waals surface area contributed by atoms with Crippen molar-refractivity contribution in [2.45, 2.75) is 13.5 Å². The molecule has 0 saturated heterocycles. The van der Waals surface area contributed by atoms with Crippen LogP contribution in [0.25, 0.3) is 21.9 Å². The minimum atomic E-state index is 0.778. The van der Waals surface area contributed by atoms with Crippen molar-refractivity contribution in [3.05, 3.63) is 35.8 Å². The number of hydrogen-bond donors (Lipinski definition) is 1. The molecule has 2 heterocycles. The van der Waals surface area contributed by atoms with Gasteiger partial charge in [-0.25, -0.2) is 0 Å². The maximum absolute atomic E-state index is 5.58. The van der Waals surface area contributed by atoms with Crippen molar-refractivity contribution in [1.29, 1.82) is 0 Å². The molecule has 0 amide bonds. The Morgan fingerprint density at radius 2 is 1.75 bits per heavy atom. The lowest BCUT2D eigenvalue weighted by Gasteiger charge is -2.05. The fourth-order valence-electron chi connectivity index (χ4n) is 2.27. The normalized spacial score (nSPS) is 11.6. The number of fused-ring (bicyclic) bond motifs is 2. The van der Waals surface area contributed by atoms with E-state index in [2.05, 4.69) is 12.2 Å². The Morgan fingerprint density at radius 1 is 1.06 bits per heavy atom. The van der Waals surface area contributed by atoms with Gasteiger partial charge < -0.3 is 14.2 Å². The zero-order valence-electron chi connectivity index (χ0n) is 9.33. The first kappa shape index (κ1) is 9.48. The molecule has 0 aliphatic carbocycles. The van der Waals surface area contributed by atoms with Crippen LogP contribution in [-0.4, -0.2) is 7.05 Å². The van der Waals surface area contributed by atoms with E-state index < -0.39 is 0 Å². The van der Waals surface area contributed by atoms with Crippen molar-refractivity contribution in [2.75, 3.05) is 7.05 Å². The number of rotatable bonds is 2. The van der Waals surface area contributed by atoms with Crippen LogP contribution in [-0.2, 0) is 6.54 Å². The van der Waals surface area contributed by atoms with Crippen molar-refractivity contribution >= 4 is 21.9 Å². The van der Waals surface area contributed by atoms with Crippen molar-refractivity contribution in [1.82, 2.24) is 5.32 Å². The fraction of sp³-hybridized carbons (Fsp3) is 0.231. The second-order valence-electron chi connectivity index (χ2n) is 3.96. The molecule has 1 aromatic carbocycles. The maximum Gasteiger partial charge on any atom is 0.139 e. The lowest BCUT2D eigenvalue weighted by Crippen LogP contribution is -2.05. The smallest absolute Gasteiger partial charge is 0.139 e. The topological polar surface area (TPSA) is 38.3 Å². The summed E-state index contributed by atoms with van der Waals surface area (Å²) in [6, 6.07) is 3.99. The molecule has 0 fully saturated rings. The molecule has 16 heavy (non-hydrogen) atoms. The van der Waals surface area contributed by atoms with Crippen LogP contribution < -0.4 is 5.32 Å². The van der Waals surface area contributed by atoms with Crippen molar-refractivity contribution in [3.8, 4) is 0 Å². The van der Waals surface area contributed by atoms with Crippen LogP contribution in [0.4, 0.5) is 0 Å². The van der Waals surface area contributed by atoms with Gasteiger partial charge in [0.05, 0.1) is 12.5 Å². The number of aryl methyl sites for hydroxylation is 1. The summed E-state index contributed by atoms with van der Waals surface area (Å²) in [5.74, 6) is 0. The van der Waals surface area contributed by atoms with Gasteiger partial charge in [-0.2, -0.15) is 0 Å². The Labute approximate surface area is 93.0 Å². The van der Waals surface area contributed by atoms with Crippen molar-refractivity contribution in [3.63, 3.8) is 0 Å². The highest BCUT2D eigenvalue weighted by molar-refractivity contribution is 6.01. The van der Waals surface area contributed by atoms with Gasteiger partial charge in [-0.15, -0.1) is 0 Å². The van der Waals surface area contributed by atoms with Gasteiger partial charge in [-0.3, -0.25) is 0 Å². The maximum atomic E-state index is 5.58. The summed E-state index contributed by atoms with van der Waals surface area (Å²) in [6.07, 6.45) is 3.46. The van der Waals surface area contributed by atoms with Gasteiger partial charge in [0.25, 0.3) is 0 Å². The molecule has 3 aromatic rings. The van der Waals surface area contributed by atoms with E-state index in [9.17, 15) is 0 Å². The first-order valence-electron chi connectivity index (χ1n) is 5.33. The summed E-state index contributed by atoms with van der Waals surface area (Å²) in [6.45, 7) is 2.84. The highest BCUT2D eigenvalue weighted by atomic mass is 16.3. The van der Waals surface area contributed by atoms with Crippen LogP contribution in [0, 0.1) is 6.92 Å². The molecule has 0 unspecified atom stereocenters. The van der Waals surface area contributed by atoms with Gasteiger partial charge in [0.1, 0.15) is 11.2 Å². The van der Waals surface area contributed by atoms with E-state index in [0.717, 1.165) is 39.6 Å². The Morgan fingerprint density at radius 3 is 2.50 bits per heavy atom. The molecule has 0 spiro atoms. The minimum absolute atomic E-state index is 0.778. The van der Waals surface area contributed by atoms with Gasteiger partial charge >= 0.3 is 0 Å². The van der Waals surface area contributed by atoms with E-state index in [1.54, 1.807) is 12.5 Å². The van der Waals surface area contributed by atoms with Crippen LogP contribution in [0.3, 0.4) is 0 Å². The highest BCUT2D eigenvalue weighted by Crippen LogP contribution is 2.33. The van der Waals surface area contributed by atoms with Crippen LogP contribution in [0.2, 0.25) is 0 Å². The quantitative estimate of drug-likeness (QED) is 0.713. The monoisotopic (exact) mass is 215 g/mol. The molecule has 0 atom stereocenters. The number of furan rings is 2. The van der Waals surface area contributed by atoms with E-state index in [0.29, 0.717) is 0 Å². The van der Waals surface area contributed by atoms with Gasteiger partial charge in [-0.1, -0.05) is 0 Å². The van der Waals surface area contributed by atoms with Crippen LogP contribution in [0.15, 0.2) is 33.5 Å². The molecule has 3 heteroatoms. The standard InChI is InChI=1S/C13H13NO2/c1-8-9-3-5-16-13(9)11(7-14-2)10-4-6-15-12(8)10/h3-6,14H,7H2,1-2H3. The summed E-state index contributed by atoms with van der Waals surface area (Å²) in [5.41, 5.74) is 4.22. The van der Waals surface area contributed by atoms with E-state index in [1.165, 1.54) is 0 Å². The Hall–Kier alpha value is -1.74. The van der Waals surface area contributed by atoms with E-state index in [4.69, 9.17) is 8.83 Å². The average molecular weight is 215 g/mol. The first-order chi connectivity index (χ1) is 7.83. The molecule has 2 aromatic heterocycles. The molecule has 82 valence electrons. The van der Waals surface area contributed by atoms with Crippen LogP contribution >= 0.6 is 0 Å². The predicted octanol–water partition coefficient (Wildman–Crippen LogP) is 3.21. The fourth-order valence-corrected chi connectivity index (χ4v) is 2.27. The minimum Gasteiger partial charge on any atom is -0.464 e. The van der Waals surface area contributed by atoms with Gasteiger partial charge in [0, 0.05) is 28.4 Å². The average Bonchev–Trinajstić information content (AvgIpc) is 2.92. The molecule has 0 aliphatic rings. The highest BCUT2D eigenvalue weighted by Gasteiger charge is 2.15. The van der Waals surface area contributed by atoms with Gasteiger partial charge in [0.2, 0.25) is 0 Å². The molecule has 3 nitrogen and oxygen atoms in total. The second-order valence-corrected chi connectivity index (χ2v) is 3.96. The number of benzene rings is 1. The molecule has 3 rings (SSSR count). The summed E-state index contributed by atoms with van der Waals surface area (Å²) >= 11 is 0. The molecule has 0 radical (unpaired) electrons. The molecule has 1 N–H and O–H groups in total. The third-order valence-corrected chi connectivity index (χ3v) is 3.03. The van der Waals surface area contributed by atoms with E-state index in [1.807, 2.05) is 19.2 Å². The molecule has 0 saturated carbocycles. The predicted molar refractivity (Wildman–Crippen MR) is 63.5 cm³/mol. The summed E-state index contributed by atoms with van der Waals surface area (Å²) in [5, 5.41) is 5.43. The molecule has 0 bridgehead atoms. The summed E-state index contributed by atoms with van der Waals surface area (Å²) in [7, 11) is 1.93. The van der Waals surface area contributed by atoms with Crippen molar-refractivity contribution in [2.24, 2.45) is 0 Å². The number of hydrogen-bond acceptors (Lipinski definition) is 3. The third kappa shape index (κ3) is 1.12. The Bertz CT molecular complexity index is 597. The van der Waals surface area contributed by atoms with E-state index >= 15 is 0 Å². The third-order valence-electron chi connectivity index (χ3n) is 3.03. The second kappa shape index (κ2) is 3.39. The van der Waals surface area contributed by atoms with E-state index in [-0.39, 0.29) is 0 Å². The first-order valence-corrected chi connectivity index (χ1v) is 5.33.